The molecule has 0 N–H and O–H groups in total. The van der Waals surface area contributed by atoms with Crippen molar-refractivity contribution in [2.75, 3.05) is 5.75 Å². The molecule has 0 aliphatic rings. The third-order valence-corrected chi connectivity index (χ3v) is 5.17. The van der Waals surface area contributed by atoms with Gasteiger partial charge in [-0.05, 0) is 29.0 Å². The van der Waals surface area contributed by atoms with Crippen molar-refractivity contribution < 1.29 is 9.53 Å². The van der Waals surface area contributed by atoms with E-state index in [0.717, 1.165) is 14.9 Å². The number of thioether (sulfide) groups is 1. The van der Waals surface area contributed by atoms with Crippen molar-refractivity contribution in [3.8, 4) is 0 Å². The van der Waals surface area contributed by atoms with Gasteiger partial charge in [-0.15, -0.1) is 11.8 Å². The molecular weight excluding hydrogens is 372 g/mol. The highest BCUT2D eigenvalue weighted by molar-refractivity contribution is 9.10. The van der Waals surface area contributed by atoms with E-state index in [0.29, 0.717) is 12.4 Å². The maximum atomic E-state index is 11.9. The van der Waals surface area contributed by atoms with E-state index >= 15 is 0 Å². The number of carbonyl (C=O) groups excluding carboxylic acids is 1. The monoisotopic (exact) mass is 386 g/mol. The van der Waals surface area contributed by atoms with Gasteiger partial charge < -0.3 is 4.74 Å². The Labute approximate surface area is 148 Å². The molecule has 0 amide bonds. The molecule has 0 saturated carbocycles. The molecule has 2 nitrogen and oxygen atoms in total. The van der Waals surface area contributed by atoms with Crippen molar-refractivity contribution in [1.29, 1.82) is 0 Å². The minimum atomic E-state index is -0.209. The van der Waals surface area contributed by atoms with Crippen molar-refractivity contribution in [1.82, 2.24) is 0 Å². The molecule has 3 aromatic rings. The van der Waals surface area contributed by atoms with Crippen LogP contribution in [-0.2, 0) is 16.1 Å². The molecule has 0 aromatic heterocycles. The van der Waals surface area contributed by atoms with E-state index in [2.05, 4.69) is 40.2 Å². The average Bonchev–Trinajstić information content (AvgIpc) is 2.59. The number of ether oxygens (including phenoxy) is 1. The first-order valence-electron chi connectivity index (χ1n) is 7.23. The number of benzene rings is 3. The molecule has 0 heterocycles. The van der Waals surface area contributed by atoms with Gasteiger partial charge >= 0.3 is 5.97 Å². The number of hydrogen-bond donors (Lipinski definition) is 0. The summed E-state index contributed by atoms with van der Waals surface area (Å²) in [7, 11) is 0. The van der Waals surface area contributed by atoms with Crippen LogP contribution in [-0.4, -0.2) is 11.7 Å². The van der Waals surface area contributed by atoms with Gasteiger partial charge in [-0.2, -0.15) is 0 Å². The van der Waals surface area contributed by atoms with Gasteiger partial charge in [0.05, 0.1) is 5.75 Å². The Balaban J connectivity index is 1.54. The standard InChI is InChI=1S/C19H15BrO2S/c20-18-8-4-3-7-16(18)12-22-19(21)13-23-17-10-9-14-5-1-2-6-15(14)11-17/h1-11H,12-13H2. The van der Waals surface area contributed by atoms with Gasteiger partial charge in [-0.3, -0.25) is 4.79 Å². The highest BCUT2D eigenvalue weighted by Gasteiger charge is 2.07. The molecule has 0 saturated heterocycles. The Morgan fingerprint density at radius 3 is 2.52 bits per heavy atom. The van der Waals surface area contributed by atoms with Crippen molar-refractivity contribution in [2.45, 2.75) is 11.5 Å². The number of rotatable bonds is 5. The molecule has 0 atom stereocenters. The molecule has 0 radical (unpaired) electrons. The first-order chi connectivity index (χ1) is 11.2. The van der Waals surface area contributed by atoms with Crippen molar-refractivity contribution in [3.05, 3.63) is 76.8 Å². The van der Waals surface area contributed by atoms with Crippen LogP contribution in [0.3, 0.4) is 0 Å². The Morgan fingerprint density at radius 1 is 0.957 bits per heavy atom. The maximum absolute atomic E-state index is 11.9. The predicted octanol–water partition coefficient (Wildman–Crippen LogP) is 5.44. The summed E-state index contributed by atoms with van der Waals surface area (Å²) in [5, 5.41) is 2.38. The quantitative estimate of drug-likeness (QED) is 0.431. The Bertz CT molecular complexity index is 832. The normalized spacial score (nSPS) is 10.7. The first-order valence-corrected chi connectivity index (χ1v) is 9.01. The summed E-state index contributed by atoms with van der Waals surface area (Å²) in [4.78, 5) is 13.0. The van der Waals surface area contributed by atoms with Crippen LogP contribution < -0.4 is 0 Å². The molecule has 0 bridgehead atoms. The second kappa shape index (κ2) is 7.66. The van der Waals surface area contributed by atoms with Gasteiger partial charge in [0.2, 0.25) is 0 Å². The van der Waals surface area contributed by atoms with Crippen LogP contribution in [0.5, 0.6) is 0 Å². The van der Waals surface area contributed by atoms with Crippen LogP contribution >= 0.6 is 27.7 Å². The number of fused-ring (bicyclic) bond motifs is 1. The van der Waals surface area contributed by atoms with Crippen molar-refractivity contribution in [3.63, 3.8) is 0 Å². The molecule has 3 rings (SSSR count). The lowest BCUT2D eigenvalue weighted by Crippen LogP contribution is -2.07. The van der Waals surface area contributed by atoms with E-state index in [4.69, 9.17) is 4.74 Å². The second-order valence-corrected chi connectivity index (χ2v) is 6.95. The van der Waals surface area contributed by atoms with Gasteiger partial charge in [-0.1, -0.05) is 64.5 Å². The Morgan fingerprint density at radius 2 is 1.70 bits per heavy atom. The van der Waals surface area contributed by atoms with Gasteiger partial charge in [0, 0.05) is 14.9 Å². The Hall–Kier alpha value is -1.78. The molecule has 0 fully saturated rings. The SMILES string of the molecule is O=C(CSc1ccc2ccccc2c1)OCc1ccccc1Br. The fourth-order valence-electron chi connectivity index (χ4n) is 2.21. The number of halogens is 1. The summed E-state index contributed by atoms with van der Waals surface area (Å²) in [6.45, 7) is 0.290. The lowest BCUT2D eigenvalue weighted by molar-refractivity contribution is -0.141. The molecule has 0 aliphatic heterocycles. The van der Waals surface area contributed by atoms with E-state index in [-0.39, 0.29) is 5.97 Å². The summed E-state index contributed by atoms with van der Waals surface area (Å²) in [6, 6.07) is 22.1. The third-order valence-electron chi connectivity index (χ3n) is 3.42. The second-order valence-electron chi connectivity index (χ2n) is 5.05. The Kier molecular flexibility index (Phi) is 5.36. The lowest BCUT2D eigenvalue weighted by Gasteiger charge is -2.07. The number of esters is 1. The largest absolute Gasteiger partial charge is 0.460 e. The number of carbonyl (C=O) groups is 1. The molecule has 23 heavy (non-hydrogen) atoms. The zero-order chi connectivity index (χ0) is 16.1. The lowest BCUT2D eigenvalue weighted by atomic mass is 10.1. The van der Waals surface area contributed by atoms with E-state index in [1.54, 1.807) is 0 Å². The highest BCUT2D eigenvalue weighted by atomic mass is 79.9. The molecule has 116 valence electrons. The van der Waals surface area contributed by atoms with E-state index in [9.17, 15) is 4.79 Å². The van der Waals surface area contributed by atoms with Crippen LogP contribution in [0.4, 0.5) is 0 Å². The maximum Gasteiger partial charge on any atom is 0.316 e. The molecule has 0 spiro atoms. The van der Waals surface area contributed by atoms with Crippen LogP contribution in [0.25, 0.3) is 10.8 Å². The summed E-state index contributed by atoms with van der Waals surface area (Å²) >= 11 is 4.95. The number of hydrogen-bond acceptors (Lipinski definition) is 3. The fourth-order valence-corrected chi connectivity index (χ4v) is 3.36. The van der Waals surface area contributed by atoms with E-state index < -0.39 is 0 Å². The van der Waals surface area contributed by atoms with Crippen LogP contribution in [0, 0.1) is 0 Å². The van der Waals surface area contributed by atoms with E-state index in [1.165, 1.54) is 22.5 Å². The van der Waals surface area contributed by atoms with Crippen LogP contribution in [0.15, 0.2) is 76.1 Å². The minimum absolute atomic E-state index is 0.209. The topological polar surface area (TPSA) is 26.3 Å². The van der Waals surface area contributed by atoms with Crippen molar-refractivity contribution in [2.24, 2.45) is 0 Å². The van der Waals surface area contributed by atoms with Gasteiger partial charge in [0.15, 0.2) is 0 Å². The van der Waals surface area contributed by atoms with E-state index in [1.807, 2.05) is 42.5 Å². The van der Waals surface area contributed by atoms with Crippen molar-refractivity contribution >= 4 is 44.4 Å². The van der Waals surface area contributed by atoms with Gasteiger partial charge in [-0.25, -0.2) is 0 Å². The highest BCUT2D eigenvalue weighted by Crippen LogP contribution is 2.24. The summed E-state index contributed by atoms with van der Waals surface area (Å²) in [5.74, 6) is 0.0990. The minimum Gasteiger partial charge on any atom is -0.460 e. The van der Waals surface area contributed by atoms with Crippen LogP contribution in [0.1, 0.15) is 5.56 Å². The predicted molar refractivity (Wildman–Crippen MR) is 98.6 cm³/mol. The summed E-state index contributed by atoms with van der Waals surface area (Å²) in [6.07, 6.45) is 0. The van der Waals surface area contributed by atoms with Gasteiger partial charge in [0.25, 0.3) is 0 Å². The third kappa shape index (κ3) is 4.36. The summed E-state index contributed by atoms with van der Waals surface area (Å²) < 4.78 is 6.28. The molecular formula is C19H15BrO2S. The zero-order valence-electron chi connectivity index (χ0n) is 12.4. The fraction of sp³-hybridized carbons (Fsp3) is 0.105. The molecule has 0 unspecified atom stereocenters. The molecule has 4 heteroatoms. The smallest absolute Gasteiger partial charge is 0.316 e. The molecule has 3 aromatic carbocycles. The van der Waals surface area contributed by atoms with Gasteiger partial charge in [0.1, 0.15) is 6.61 Å². The summed E-state index contributed by atoms with van der Waals surface area (Å²) in [5.41, 5.74) is 0.969. The van der Waals surface area contributed by atoms with Crippen LogP contribution in [0.2, 0.25) is 0 Å². The zero-order valence-corrected chi connectivity index (χ0v) is 14.8. The molecule has 0 aliphatic carbocycles. The average molecular weight is 387 g/mol. The first kappa shape index (κ1) is 16.1.